The number of aliphatic hydroxyl groups is 1. The summed E-state index contributed by atoms with van der Waals surface area (Å²) in [6.45, 7) is 6.08. The largest absolute Gasteiger partial charge is 0.508 e. The lowest BCUT2D eigenvalue weighted by Crippen LogP contribution is -2.26. The molecule has 0 aliphatic carbocycles. The summed E-state index contributed by atoms with van der Waals surface area (Å²) >= 11 is 0. The number of nitrogens with one attached hydrogen (secondary N) is 1. The van der Waals surface area contributed by atoms with Gasteiger partial charge in [-0.25, -0.2) is 0 Å². The van der Waals surface area contributed by atoms with Crippen molar-refractivity contribution < 1.29 is 46.5 Å². The molecule has 4 aromatic carbocycles. The van der Waals surface area contributed by atoms with E-state index in [2.05, 4.69) is 12.2 Å². The number of nitrogens with two attached hydrogens (primary N) is 1. The molecule has 4 rings (SSSR count). The second-order valence-corrected chi connectivity index (χ2v) is 11.9. The van der Waals surface area contributed by atoms with Gasteiger partial charge in [0.25, 0.3) is 0 Å². The van der Waals surface area contributed by atoms with Gasteiger partial charge in [0.15, 0.2) is 0 Å². The number of halogens is 6. The number of phenolic OH excluding ortho intramolecular Hbond substituents is 1. The lowest BCUT2D eigenvalue weighted by Gasteiger charge is -2.15. The van der Waals surface area contributed by atoms with Crippen molar-refractivity contribution in [3.05, 3.63) is 129 Å². The number of rotatable bonds is 11. The number of aliphatic hydroxyl groups excluding tert-OH is 1. The van der Waals surface area contributed by atoms with Crippen molar-refractivity contribution in [1.82, 2.24) is 5.32 Å². The van der Waals surface area contributed by atoms with Gasteiger partial charge < -0.3 is 31.2 Å². The number of Topliss-reactive ketones (excluding diaryl/α,β-unsaturated/α-hetero) is 1. The van der Waals surface area contributed by atoms with Gasteiger partial charge in [0.2, 0.25) is 0 Å². The second-order valence-electron chi connectivity index (χ2n) is 11.9. The molecule has 0 aliphatic rings. The molecule has 0 amide bonds. The number of hydrogen-bond acceptors (Lipinski definition) is 6. The van der Waals surface area contributed by atoms with Gasteiger partial charge in [-0.05, 0) is 110 Å². The minimum absolute atomic E-state index is 0.0964. The summed E-state index contributed by atoms with van der Waals surface area (Å²) in [4.78, 5) is 10.7. The van der Waals surface area contributed by atoms with Crippen LogP contribution in [0.1, 0.15) is 71.2 Å². The molecule has 1 atom stereocenters. The van der Waals surface area contributed by atoms with E-state index in [1.165, 1.54) is 24.3 Å². The predicted molar refractivity (Wildman–Crippen MR) is 181 cm³/mol. The normalized spacial score (nSPS) is 11.9. The maximum Gasteiger partial charge on any atom is 0.416 e. The SMILES string of the molecule is CC(=O)CCc1ccc(O)c(CO)c1.Cc1cc(CCC(C)NCc2ccc(C(F)(F)F)cc2)ccc1O.NCc1ccc(C(F)(F)F)cc1. The number of ketones is 1. The van der Waals surface area contributed by atoms with Crippen molar-refractivity contribution in [2.24, 2.45) is 5.73 Å². The average molecular weight is 707 g/mol. The van der Waals surface area contributed by atoms with Crippen molar-refractivity contribution >= 4 is 5.78 Å². The van der Waals surface area contributed by atoms with Crippen molar-refractivity contribution in [2.45, 2.75) is 84.5 Å². The van der Waals surface area contributed by atoms with E-state index in [1.54, 1.807) is 31.2 Å². The van der Waals surface area contributed by atoms with Crippen LogP contribution < -0.4 is 11.1 Å². The van der Waals surface area contributed by atoms with Gasteiger partial charge in [0.1, 0.15) is 17.3 Å². The van der Waals surface area contributed by atoms with Crippen LogP contribution in [0.5, 0.6) is 11.5 Å². The van der Waals surface area contributed by atoms with Crippen LogP contribution in [0.25, 0.3) is 0 Å². The van der Waals surface area contributed by atoms with Crippen LogP contribution in [0.15, 0.2) is 84.9 Å². The molecule has 0 radical (unpaired) electrons. The van der Waals surface area contributed by atoms with Gasteiger partial charge in [0, 0.05) is 31.1 Å². The Kier molecular flexibility index (Phi) is 16.5. The standard InChI is InChI=1S/C19H22F3NO.C11H14O3.C8H8F3N/c1-13-11-15(7-10-18(13)24)4-3-14(2)23-12-16-5-8-17(9-6-16)19(20,21)22;1-8(13)2-3-9-4-5-11(14)10(6-9)7-12;9-8(10,11)7-3-1-6(5-12)2-4-7/h5-11,14,23-24H,3-4,12H2,1-2H3;4-6,12,14H,2-3,7H2,1H3;1-4H,5,12H2. The predicted octanol–water partition coefficient (Wildman–Crippen LogP) is 8.40. The molecule has 50 heavy (non-hydrogen) atoms. The van der Waals surface area contributed by atoms with E-state index in [9.17, 15) is 41.4 Å². The van der Waals surface area contributed by atoms with E-state index in [0.717, 1.165) is 59.4 Å². The molecule has 1 unspecified atom stereocenters. The maximum atomic E-state index is 12.5. The Bertz CT molecular complexity index is 1620. The zero-order valence-corrected chi connectivity index (χ0v) is 28.2. The monoisotopic (exact) mass is 706 g/mol. The number of aromatic hydroxyl groups is 2. The Hall–Kier alpha value is -4.39. The van der Waals surface area contributed by atoms with E-state index >= 15 is 0 Å². The Morgan fingerprint density at radius 2 is 1.22 bits per heavy atom. The van der Waals surface area contributed by atoms with Crippen molar-refractivity contribution in [3.8, 4) is 11.5 Å². The summed E-state index contributed by atoms with van der Waals surface area (Å²) in [5.41, 5.74) is 8.98. The van der Waals surface area contributed by atoms with Gasteiger partial charge in [-0.15, -0.1) is 0 Å². The zero-order valence-electron chi connectivity index (χ0n) is 28.2. The van der Waals surface area contributed by atoms with Crippen LogP contribution in [0, 0.1) is 6.92 Å². The van der Waals surface area contributed by atoms with Crippen LogP contribution >= 0.6 is 0 Å². The molecule has 6 N–H and O–H groups in total. The highest BCUT2D eigenvalue weighted by Gasteiger charge is 2.30. The molecule has 0 aliphatic heterocycles. The first kappa shape index (κ1) is 41.8. The molecular weight excluding hydrogens is 662 g/mol. The van der Waals surface area contributed by atoms with Crippen molar-refractivity contribution in [3.63, 3.8) is 0 Å². The van der Waals surface area contributed by atoms with E-state index in [-0.39, 0.29) is 30.7 Å². The molecule has 272 valence electrons. The highest BCUT2D eigenvalue weighted by molar-refractivity contribution is 5.75. The molecule has 0 saturated heterocycles. The number of benzene rings is 4. The maximum absolute atomic E-state index is 12.5. The topological polar surface area (TPSA) is 116 Å². The smallest absolute Gasteiger partial charge is 0.416 e. The molecule has 12 heteroatoms. The van der Waals surface area contributed by atoms with E-state index in [1.807, 2.05) is 19.1 Å². The van der Waals surface area contributed by atoms with E-state index in [4.69, 9.17) is 10.8 Å². The Balaban J connectivity index is 0.000000283. The first-order chi connectivity index (χ1) is 23.4. The molecule has 4 aromatic rings. The third-order valence-electron chi connectivity index (χ3n) is 7.66. The van der Waals surface area contributed by atoms with Gasteiger partial charge in [0.05, 0.1) is 17.7 Å². The molecule has 0 saturated carbocycles. The Morgan fingerprint density at radius 1 is 0.740 bits per heavy atom. The van der Waals surface area contributed by atoms with Crippen molar-refractivity contribution in [1.29, 1.82) is 0 Å². The molecule has 0 aromatic heterocycles. The summed E-state index contributed by atoms with van der Waals surface area (Å²) in [6.07, 6.45) is -5.61. The first-order valence-corrected chi connectivity index (χ1v) is 15.9. The second kappa shape index (κ2) is 19.7. The van der Waals surface area contributed by atoms with E-state index in [0.29, 0.717) is 36.3 Å². The average Bonchev–Trinajstić information content (AvgIpc) is 3.07. The van der Waals surface area contributed by atoms with Crippen LogP contribution in [0.2, 0.25) is 0 Å². The van der Waals surface area contributed by atoms with E-state index < -0.39 is 23.5 Å². The molecular formula is C38H44F6N2O4. The fourth-order valence-corrected chi connectivity index (χ4v) is 4.53. The van der Waals surface area contributed by atoms with Gasteiger partial charge >= 0.3 is 12.4 Å². The lowest BCUT2D eigenvalue weighted by atomic mass is 10.0. The Morgan fingerprint density at radius 3 is 1.68 bits per heavy atom. The number of carbonyl (C=O) groups excluding carboxylic acids is 1. The minimum Gasteiger partial charge on any atom is -0.508 e. The summed E-state index contributed by atoms with van der Waals surface area (Å²) in [6, 6.07) is 20.9. The van der Waals surface area contributed by atoms with Crippen molar-refractivity contribution in [2.75, 3.05) is 0 Å². The minimum atomic E-state index is -4.29. The fraction of sp³-hybridized carbons (Fsp3) is 0.342. The molecule has 6 nitrogen and oxygen atoms in total. The van der Waals surface area contributed by atoms with Crippen LogP contribution in [-0.2, 0) is 49.7 Å². The third kappa shape index (κ3) is 15.0. The fourth-order valence-electron chi connectivity index (χ4n) is 4.53. The number of aryl methyl sites for hydroxylation is 3. The summed E-state index contributed by atoms with van der Waals surface area (Å²) in [5, 5.41) is 31.0. The zero-order chi connectivity index (χ0) is 37.5. The molecule has 0 heterocycles. The number of carbonyl (C=O) groups is 1. The molecule has 0 bridgehead atoms. The first-order valence-electron chi connectivity index (χ1n) is 15.9. The van der Waals surface area contributed by atoms with Gasteiger partial charge in [-0.3, -0.25) is 0 Å². The number of hydrogen-bond donors (Lipinski definition) is 5. The number of alkyl halides is 6. The summed E-state index contributed by atoms with van der Waals surface area (Å²) in [5.74, 6) is 0.537. The Labute approximate surface area is 288 Å². The summed E-state index contributed by atoms with van der Waals surface area (Å²) in [7, 11) is 0. The molecule has 0 fully saturated rings. The number of phenols is 2. The van der Waals surface area contributed by atoms with Crippen LogP contribution in [0.4, 0.5) is 26.3 Å². The highest BCUT2D eigenvalue weighted by atomic mass is 19.4. The quantitative estimate of drug-likeness (QED) is 0.100. The highest BCUT2D eigenvalue weighted by Crippen LogP contribution is 2.30. The molecule has 0 spiro atoms. The van der Waals surface area contributed by atoms with Crippen LogP contribution in [-0.4, -0.2) is 27.1 Å². The van der Waals surface area contributed by atoms with Gasteiger partial charge in [-0.2, -0.15) is 26.3 Å². The van der Waals surface area contributed by atoms with Crippen LogP contribution in [0.3, 0.4) is 0 Å². The lowest BCUT2D eigenvalue weighted by molar-refractivity contribution is -0.138. The summed E-state index contributed by atoms with van der Waals surface area (Å²) < 4.78 is 73.5. The third-order valence-corrected chi connectivity index (χ3v) is 7.66. The van der Waals surface area contributed by atoms with Gasteiger partial charge in [-0.1, -0.05) is 42.5 Å².